The van der Waals surface area contributed by atoms with Gasteiger partial charge in [0.25, 0.3) is 5.91 Å². The second-order valence-corrected chi connectivity index (χ2v) is 10.9. The number of rotatable bonds is 7. The number of hydrogen-bond acceptors (Lipinski definition) is 4. The molecule has 1 aromatic heterocycles. The number of nitrogens with zero attached hydrogens (tertiary/aromatic N) is 2. The van der Waals surface area contributed by atoms with Crippen molar-refractivity contribution in [2.75, 3.05) is 19.6 Å². The first-order chi connectivity index (χ1) is 17.5. The average Bonchev–Trinajstić information content (AvgIpc) is 2.91. The first kappa shape index (κ1) is 25.3. The van der Waals surface area contributed by atoms with Gasteiger partial charge in [0.2, 0.25) is 0 Å². The molecule has 1 aliphatic heterocycles. The van der Waals surface area contributed by atoms with Gasteiger partial charge in [-0.15, -0.1) is 0 Å². The van der Waals surface area contributed by atoms with E-state index in [9.17, 15) is 4.79 Å². The van der Waals surface area contributed by atoms with Crippen LogP contribution < -0.4 is 10.1 Å². The number of para-hydroxylation sites is 1. The normalized spacial score (nSPS) is 21.4. The highest BCUT2D eigenvalue weighted by molar-refractivity contribution is 6.42. The van der Waals surface area contributed by atoms with Crippen molar-refractivity contribution in [3.05, 3.63) is 70.3 Å². The number of likely N-dealkylation sites (tertiary alicyclic amines) is 1. The molecule has 36 heavy (non-hydrogen) atoms. The van der Waals surface area contributed by atoms with E-state index in [-0.39, 0.29) is 18.1 Å². The van der Waals surface area contributed by atoms with Crippen molar-refractivity contribution in [3.8, 4) is 5.75 Å². The Balaban J connectivity index is 1.02. The number of nitrogens with one attached hydrogen (secondary N) is 1. The number of carbonyl (C=O) groups excluding carboxylic acids is 1. The van der Waals surface area contributed by atoms with Gasteiger partial charge in [0, 0.05) is 36.8 Å². The van der Waals surface area contributed by atoms with E-state index in [1.54, 1.807) is 18.3 Å². The van der Waals surface area contributed by atoms with E-state index in [1.165, 1.54) is 19.3 Å². The Kier molecular flexibility index (Phi) is 8.30. The van der Waals surface area contributed by atoms with Crippen LogP contribution in [0.25, 0.3) is 10.9 Å². The lowest BCUT2D eigenvalue weighted by molar-refractivity contribution is 0.0898. The van der Waals surface area contributed by atoms with Gasteiger partial charge >= 0.3 is 0 Å². The number of pyridine rings is 1. The summed E-state index contributed by atoms with van der Waals surface area (Å²) in [6.45, 7) is 3.28. The fraction of sp³-hybridized carbons (Fsp3) is 0.448. The van der Waals surface area contributed by atoms with Gasteiger partial charge in [-0.25, -0.2) is 0 Å². The van der Waals surface area contributed by atoms with Crippen LogP contribution in [0.5, 0.6) is 5.75 Å². The third-order valence-electron chi connectivity index (χ3n) is 7.66. The van der Waals surface area contributed by atoms with Gasteiger partial charge in [-0.2, -0.15) is 0 Å². The number of ether oxygens (including phenoxy) is 1. The fourth-order valence-corrected chi connectivity index (χ4v) is 5.80. The number of hydrogen-bond donors (Lipinski definition) is 1. The van der Waals surface area contributed by atoms with Crippen LogP contribution in [0.4, 0.5) is 0 Å². The summed E-state index contributed by atoms with van der Waals surface area (Å²) in [5.74, 6) is 1.55. The predicted molar refractivity (Wildman–Crippen MR) is 146 cm³/mol. The molecule has 7 heteroatoms. The number of aromatic nitrogens is 1. The summed E-state index contributed by atoms with van der Waals surface area (Å²) >= 11 is 12.1. The van der Waals surface area contributed by atoms with Crippen molar-refractivity contribution in [2.45, 2.75) is 57.1 Å². The lowest BCUT2D eigenvalue weighted by Crippen LogP contribution is -2.40. The molecule has 3 aromatic rings. The minimum atomic E-state index is 0.0167. The Morgan fingerprint density at radius 1 is 0.972 bits per heavy atom. The van der Waals surface area contributed by atoms with Crippen LogP contribution >= 0.6 is 23.2 Å². The molecule has 1 saturated heterocycles. The first-order valence-corrected chi connectivity index (χ1v) is 13.8. The summed E-state index contributed by atoms with van der Waals surface area (Å²) in [6.07, 6.45) is 9.71. The Labute approximate surface area is 223 Å². The van der Waals surface area contributed by atoms with E-state index in [4.69, 9.17) is 27.9 Å². The quantitative estimate of drug-likeness (QED) is 0.370. The molecule has 0 bridgehead atoms. The van der Waals surface area contributed by atoms with Crippen molar-refractivity contribution >= 4 is 40.0 Å². The minimum Gasteiger partial charge on any atom is -0.490 e. The van der Waals surface area contributed by atoms with Gasteiger partial charge in [-0.05, 0) is 81.7 Å². The van der Waals surface area contributed by atoms with Gasteiger partial charge in [0.15, 0.2) is 0 Å². The SMILES string of the molecule is O=C(N[C@H]1CC[C@H](CCN2CCC(Oc3ccc(Cl)c(Cl)c3)CC2)CC1)c1ccnc2ccccc12. The molecule has 5 nitrogen and oxygen atoms in total. The number of benzene rings is 2. The van der Waals surface area contributed by atoms with Crippen LogP contribution in [0.2, 0.25) is 10.0 Å². The van der Waals surface area contributed by atoms with Crippen LogP contribution in [0.1, 0.15) is 55.3 Å². The summed E-state index contributed by atoms with van der Waals surface area (Å²) in [4.78, 5) is 19.9. The maximum absolute atomic E-state index is 12.9. The first-order valence-electron chi connectivity index (χ1n) is 13.0. The second kappa shape index (κ2) is 11.8. The van der Waals surface area contributed by atoms with Gasteiger partial charge in [0.1, 0.15) is 11.9 Å². The molecule has 0 atom stereocenters. The lowest BCUT2D eigenvalue weighted by atomic mass is 9.83. The molecule has 1 amide bonds. The fourth-order valence-electron chi connectivity index (χ4n) is 5.51. The summed E-state index contributed by atoms with van der Waals surface area (Å²) < 4.78 is 6.13. The maximum atomic E-state index is 12.9. The molecule has 0 unspecified atom stereocenters. The standard InChI is InChI=1S/C29H33Cl2N3O2/c30-26-10-9-23(19-27(26)31)36-22-13-17-34(18-14-22)16-12-20-5-7-21(8-6-20)33-29(35)25-11-15-32-28-4-2-1-3-24(25)28/h1-4,9-11,15,19-22H,5-8,12-14,16-18H2,(H,33,35)/t20-,21-. The molecule has 1 saturated carbocycles. The van der Waals surface area contributed by atoms with Crippen molar-refractivity contribution in [1.82, 2.24) is 15.2 Å². The maximum Gasteiger partial charge on any atom is 0.252 e. The molecule has 1 N–H and O–H groups in total. The van der Waals surface area contributed by atoms with Gasteiger partial charge in [0.05, 0.1) is 21.1 Å². The van der Waals surface area contributed by atoms with E-state index < -0.39 is 0 Å². The van der Waals surface area contributed by atoms with Crippen molar-refractivity contribution in [2.24, 2.45) is 5.92 Å². The van der Waals surface area contributed by atoms with Crippen molar-refractivity contribution < 1.29 is 9.53 Å². The van der Waals surface area contributed by atoms with E-state index >= 15 is 0 Å². The monoisotopic (exact) mass is 525 g/mol. The molecule has 190 valence electrons. The van der Waals surface area contributed by atoms with Crippen LogP contribution in [0.15, 0.2) is 54.7 Å². The molecule has 1 aliphatic carbocycles. The Morgan fingerprint density at radius 3 is 2.53 bits per heavy atom. The topological polar surface area (TPSA) is 54.5 Å². The zero-order valence-electron chi connectivity index (χ0n) is 20.5. The van der Waals surface area contributed by atoms with Crippen LogP contribution in [-0.4, -0.2) is 47.6 Å². The number of halogens is 2. The van der Waals surface area contributed by atoms with E-state index in [0.717, 1.165) is 67.9 Å². The molecular formula is C29H33Cl2N3O2. The number of fused-ring (bicyclic) bond motifs is 1. The van der Waals surface area contributed by atoms with Crippen LogP contribution in [-0.2, 0) is 0 Å². The smallest absolute Gasteiger partial charge is 0.252 e. The molecular weight excluding hydrogens is 493 g/mol. The zero-order valence-corrected chi connectivity index (χ0v) is 22.0. The molecule has 2 aromatic carbocycles. The molecule has 0 radical (unpaired) electrons. The Hall–Kier alpha value is -2.34. The van der Waals surface area contributed by atoms with E-state index in [1.807, 2.05) is 36.4 Å². The molecule has 5 rings (SSSR count). The largest absolute Gasteiger partial charge is 0.490 e. The molecule has 2 heterocycles. The second-order valence-electron chi connectivity index (χ2n) is 10.1. The van der Waals surface area contributed by atoms with Crippen LogP contribution in [0, 0.1) is 5.92 Å². The highest BCUT2D eigenvalue weighted by atomic mass is 35.5. The minimum absolute atomic E-state index is 0.0167. The molecule has 0 spiro atoms. The van der Waals surface area contributed by atoms with E-state index in [2.05, 4.69) is 15.2 Å². The Morgan fingerprint density at radius 2 is 1.75 bits per heavy atom. The van der Waals surface area contributed by atoms with Gasteiger partial charge in [-0.3, -0.25) is 9.78 Å². The van der Waals surface area contributed by atoms with E-state index in [0.29, 0.717) is 15.6 Å². The van der Waals surface area contributed by atoms with Crippen LogP contribution in [0.3, 0.4) is 0 Å². The molecule has 2 aliphatic rings. The van der Waals surface area contributed by atoms with Gasteiger partial charge in [-0.1, -0.05) is 41.4 Å². The highest BCUT2D eigenvalue weighted by Crippen LogP contribution is 2.30. The number of piperidine rings is 1. The summed E-state index contributed by atoms with van der Waals surface area (Å²) in [7, 11) is 0. The zero-order chi connectivity index (χ0) is 24.9. The van der Waals surface area contributed by atoms with Crippen molar-refractivity contribution in [1.29, 1.82) is 0 Å². The Bertz CT molecular complexity index is 1180. The third-order valence-corrected chi connectivity index (χ3v) is 8.40. The summed E-state index contributed by atoms with van der Waals surface area (Å²) in [6, 6.07) is 15.4. The highest BCUT2D eigenvalue weighted by Gasteiger charge is 2.25. The summed E-state index contributed by atoms with van der Waals surface area (Å²) in [5, 5.41) is 5.28. The third kappa shape index (κ3) is 6.31. The predicted octanol–water partition coefficient (Wildman–Crippen LogP) is 6.76. The average molecular weight is 527 g/mol. The lowest BCUT2D eigenvalue weighted by Gasteiger charge is -2.34. The summed E-state index contributed by atoms with van der Waals surface area (Å²) in [5.41, 5.74) is 1.58. The number of carbonyl (C=O) groups is 1. The van der Waals surface area contributed by atoms with Crippen molar-refractivity contribution in [3.63, 3.8) is 0 Å². The number of amides is 1. The van der Waals surface area contributed by atoms with Gasteiger partial charge < -0.3 is 15.0 Å². The molecule has 2 fully saturated rings.